The molecule has 134 valence electrons. The highest BCUT2D eigenvalue weighted by Gasteiger charge is 2.28. The third kappa shape index (κ3) is 2.73. The number of anilines is 1. The van der Waals surface area contributed by atoms with Crippen LogP contribution in [-0.4, -0.2) is 34.9 Å². The van der Waals surface area contributed by atoms with Gasteiger partial charge in [-0.2, -0.15) is 0 Å². The molecule has 0 radical (unpaired) electrons. The summed E-state index contributed by atoms with van der Waals surface area (Å²) in [6.45, 7) is 3.67. The number of amides is 2. The highest BCUT2D eigenvalue weighted by molar-refractivity contribution is 6.10. The van der Waals surface area contributed by atoms with Gasteiger partial charge in [-0.1, -0.05) is 18.2 Å². The van der Waals surface area contributed by atoms with Gasteiger partial charge < -0.3 is 14.8 Å². The van der Waals surface area contributed by atoms with Crippen molar-refractivity contribution in [3.8, 4) is 0 Å². The van der Waals surface area contributed by atoms with E-state index in [0.717, 1.165) is 17.6 Å². The fourth-order valence-electron chi connectivity index (χ4n) is 3.88. The van der Waals surface area contributed by atoms with Crippen LogP contribution in [0.1, 0.15) is 19.8 Å². The summed E-state index contributed by atoms with van der Waals surface area (Å²) in [5.41, 5.74) is 3.16. The lowest BCUT2D eigenvalue weighted by Crippen LogP contribution is -2.39. The molecule has 2 aromatic carbocycles. The summed E-state index contributed by atoms with van der Waals surface area (Å²) in [4.78, 5) is 26.1. The van der Waals surface area contributed by atoms with Gasteiger partial charge in [0.2, 0.25) is 11.8 Å². The van der Waals surface area contributed by atoms with Crippen LogP contribution in [0.25, 0.3) is 21.8 Å². The number of carbonyl (C=O) groups is 2. The highest BCUT2D eigenvalue weighted by atomic mass is 16.2. The van der Waals surface area contributed by atoms with Gasteiger partial charge in [0, 0.05) is 60.0 Å². The van der Waals surface area contributed by atoms with Crippen LogP contribution in [0.2, 0.25) is 0 Å². The number of rotatable bonds is 3. The molecule has 2 amide bonds. The molecule has 4 rings (SSSR count). The van der Waals surface area contributed by atoms with Crippen LogP contribution in [0, 0.1) is 5.92 Å². The minimum Gasteiger partial charge on any atom is -0.346 e. The lowest BCUT2D eigenvalue weighted by atomic mass is 9.95. The summed E-state index contributed by atoms with van der Waals surface area (Å²) in [6, 6.07) is 14.4. The van der Waals surface area contributed by atoms with E-state index >= 15 is 0 Å². The van der Waals surface area contributed by atoms with Gasteiger partial charge in [0.15, 0.2) is 0 Å². The average Bonchev–Trinajstić information content (AvgIpc) is 2.97. The van der Waals surface area contributed by atoms with Gasteiger partial charge in [-0.25, -0.2) is 0 Å². The standard InChI is InChI=1S/C21H23N3O2/c1-3-24-18-7-5-4-6-16(18)17-13-15(8-9-19(17)24)22-21(26)14-10-11-23(2)20(25)12-14/h4-9,13-14H,3,10-12H2,1-2H3,(H,22,26). The van der Waals surface area contributed by atoms with E-state index in [1.165, 1.54) is 16.4 Å². The van der Waals surface area contributed by atoms with E-state index < -0.39 is 0 Å². The zero-order valence-electron chi connectivity index (χ0n) is 15.2. The van der Waals surface area contributed by atoms with E-state index in [0.29, 0.717) is 19.4 Å². The minimum atomic E-state index is -0.244. The third-order valence-electron chi connectivity index (χ3n) is 5.39. The predicted octanol–water partition coefficient (Wildman–Crippen LogP) is 3.62. The Kier molecular flexibility index (Phi) is 4.15. The first-order valence-electron chi connectivity index (χ1n) is 9.14. The Morgan fingerprint density at radius 3 is 2.69 bits per heavy atom. The number of fused-ring (bicyclic) bond motifs is 3. The van der Waals surface area contributed by atoms with Crippen LogP contribution in [0.15, 0.2) is 42.5 Å². The molecule has 26 heavy (non-hydrogen) atoms. The van der Waals surface area contributed by atoms with Crippen molar-refractivity contribution in [3.63, 3.8) is 0 Å². The third-order valence-corrected chi connectivity index (χ3v) is 5.39. The fraction of sp³-hybridized carbons (Fsp3) is 0.333. The van der Waals surface area contributed by atoms with Crippen molar-refractivity contribution in [3.05, 3.63) is 42.5 Å². The molecular formula is C21H23N3O2. The first-order chi connectivity index (χ1) is 12.6. The zero-order valence-corrected chi connectivity index (χ0v) is 15.2. The van der Waals surface area contributed by atoms with E-state index in [1.807, 2.05) is 24.3 Å². The van der Waals surface area contributed by atoms with Gasteiger partial charge in [0.1, 0.15) is 0 Å². The lowest BCUT2D eigenvalue weighted by molar-refractivity contribution is -0.137. The van der Waals surface area contributed by atoms with Crippen LogP contribution < -0.4 is 5.32 Å². The van der Waals surface area contributed by atoms with Crippen LogP contribution in [-0.2, 0) is 16.1 Å². The maximum Gasteiger partial charge on any atom is 0.228 e. The molecule has 1 N–H and O–H groups in total. The second-order valence-corrected chi connectivity index (χ2v) is 6.99. The van der Waals surface area contributed by atoms with Crippen molar-refractivity contribution in [1.29, 1.82) is 0 Å². The number of aromatic nitrogens is 1. The van der Waals surface area contributed by atoms with Crippen LogP contribution in [0.4, 0.5) is 5.69 Å². The molecule has 0 aliphatic carbocycles. The Morgan fingerprint density at radius 1 is 1.15 bits per heavy atom. The number of nitrogens with zero attached hydrogens (tertiary/aromatic N) is 2. The van der Waals surface area contributed by atoms with Crippen LogP contribution in [0.5, 0.6) is 0 Å². The van der Waals surface area contributed by atoms with E-state index in [-0.39, 0.29) is 17.7 Å². The van der Waals surface area contributed by atoms with Crippen LogP contribution in [0.3, 0.4) is 0 Å². The number of likely N-dealkylation sites (tertiary alicyclic amines) is 1. The van der Waals surface area contributed by atoms with Gasteiger partial charge in [-0.05, 0) is 37.6 Å². The topological polar surface area (TPSA) is 54.3 Å². The van der Waals surface area contributed by atoms with Crippen molar-refractivity contribution in [1.82, 2.24) is 9.47 Å². The minimum absolute atomic E-state index is 0.0397. The number of carbonyl (C=O) groups excluding carboxylic acids is 2. The number of piperidine rings is 1. The lowest BCUT2D eigenvalue weighted by Gasteiger charge is -2.27. The molecule has 1 atom stereocenters. The molecule has 1 saturated heterocycles. The first kappa shape index (κ1) is 16.6. The summed E-state index contributed by atoms with van der Waals surface area (Å²) >= 11 is 0. The SMILES string of the molecule is CCn1c2ccccc2c2cc(NC(=O)C3CCN(C)C(=O)C3)ccc21. The molecule has 1 aromatic heterocycles. The number of para-hydroxylation sites is 1. The molecule has 1 unspecified atom stereocenters. The monoisotopic (exact) mass is 349 g/mol. The van der Waals surface area contributed by atoms with E-state index in [4.69, 9.17) is 0 Å². The predicted molar refractivity (Wildman–Crippen MR) is 104 cm³/mol. The molecule has 0 spiro atoms. The Morgan fingerprint density at radius 2 is 1.92 bits per heavy atom. The van der Waals surface area contributed by atoms with Crippen molar-refractivity contribution in [2.75, 3.05) is 18.9 Å². The average molecular weight is 349 g/mol. The molecular weight excluding hydrogens is 326 g/mol. The molecule has 2 heterocycles. The molecule has 5 heteroatoms. The fourth-order valence-corrected chi connectivity index (χ4v) is 3.88. The van der Waals surface area contributed by atoms with Gasteiger partial charge in [0.25, 0.3) is 0 Å². The Bertz CT molecular complexity index is 1010. The number of hydrogen-bond acceptors (Lipinski definition) is 2. The second kappa shape index (κ2) is 6.48. The molecule has 1 aliphatic rings. The Labute approximate surface area is 152 Å². The smallest absolute Gasteiger partial charge is 0.228 e. The number of aryl methyl sites for hydroxylation is 1. The maximum atomic E-state index is 12.6. The summed E-state index contributed by atoms with van der Waals surface area (Å²) in [5.74, 6) is -0.269. The second-order valence-electron chi connectivity index (χ2n) is 6.99. The molecule has 3 aromatic rings. The van der Waals surface area contributed by atoms with Crippen molar-refractivity contribution < 1.29 is 9.59 Å². The molecule has 0 bridgehead atoms. The van der Waals surface area contributed by atoms with E-state index in [2.05, 4.69) is 35.0 Å². The van der Waals surface area contributed by atoms with Gasteiger partial charge in [-0.3, -0.25) is 9.59 Å². The van der Waals surface area contributed by atoms with E-state index in [1.54, 1.807) is 11.9 Å². The van der Waals surface area contributed by atoms with Gasteiger partial charge >= 0.3 is 0 Å². The highest BCUT2D eigenvalue weighted by Crippen LogP contribution is 2.31. The van der Waals surface area contributed by atoms with Crippen molar-refractivity contribution in [2.45, 2.75) is 26.3 Å². The van der Waals surface area contributed by atoms with E-state index in [9.17, 15) is 9.59 Å². The number of benzene rings is 2. The summed E-state index contributed by atoms with van der Waals surface area (Å²) in [7, 11) is 1.79. The first-order valence-corrected chi connectivity index (χ1v) is 9.14. The zero-order chi connectivity index (χ0) is 18.3. The Hall–Kier alpha value is -2.82. The maximum absolute atomic E-state index is 12.6. The molecule has 5 nitrogen and oxygen atoms in total. The Balaban J connectivity index is 1.65. The molecule has 1 fully saturated rings. The van der Waals surface area contributed by atoms with Gasteiger partial charge in [-0.15, -0.1) is 0 Å². The van der Waals surface area contributed by atoms with Crippen molar-refractivity contribution >= 4 is 39.3 Å². The van der Waals surface area contributed by atoms with Crippen LogP contribution >= 0.6 is 0 Å². The quantitative estimate of drug-likeness (QED) is 0.785. The molecule has 1 aliphatic heterocycles. The normalized spacial score (nSPS) is 17.8. The number of nitrogens with one attached hydrogen (secondary N) is 1. The summed E-state index contributed by atoms with van der Waals surface area (Å²) in [5, 5.41) is 5.34. The summed E-state index contributed by atoms with van der Waals surface area (Å²) in [6.07, 6.45) is 1.01. The van der Waals surface area contributed by atoms with Crippen molar-refractivity contribution in [2.24, 2.45) is 5.92 Å². The molecule has 0 saturated carbocycles. The summed E-state index contributed by atoms with van der Waals surface area (Å²) < 4.78 is 2.28. The largest absolute Gasteiger partial charge is 0.346 e. The van der Waals surface area contributed by atoms with Gasteiger partial charge in [0.05, 0.1) is 0 Å². The number of hydrogen-bond donors (Lipinski definition) is 1.